The number of likely N-dealkylation sites (tertiary alicyclic amines) is 3. The largest absolute Gasteiger partial charge is 0.484 e. The Morgan fingerprint density at radius 1 is 0.787 bits per heavy atom. The number of aryl methyl sites for hydroxylation is 1. The summed E-state index contributed by atoms with van der Waals surface area (Å²) in [5.74, 6) is -0.807. The third-order valence-electron chi connectivity index (χ3n) is 16.0. The van der Waals surface area contributed by atoms with E-state index >= 15 is 0 Å². The van der Waals surface area contributed by atoms with E-state index < -0.39 is 46.2 Å². The molecule has 5 saturated heterocycles. The number of ether oxygens (including phenoxy) is 1. The lowest BCUT2D eigenvalue weighted by Crippen LogP contribution is -2.54. The molecule has 10 rings (SSSR count). The molecule has 396 valence electrons. The molecule has 2 N–H and O–H groups in total. The zero-order chi connectivity index (χ0) is 52.3. The zero-order valence-corrected chi connectivity index (χ0v) is 42.9. The predicted molar refractivity (Wildman–Crippen MR) is 275 cm³/mol. The first kappa shape index (κ1) is 51.7. The Hall–Kier alpha value is -6.74. The number of nitrogens with one attached hydrogen (secondary N) is 2. The third kappa shape index (κ3) is 11.4. The van der Waals surface area contributed by atoms with Gasteiger partial charge in [0.2, 0.25) is 23.3 Å². The van der Waals surface area contributed by atoms with Crippen molar-refractivity contribution in [3.63, 3.8) is 0 Å². The molecule has 0 aliphatic carbocycles. The highest BCUT2D eigenvalue weighted by atomic mass is 35.5. The second kappa shape index (κ2) is 22.6. The predicted octanol–water partition coefficient (Wildman–Crippen LogP) is 5.40. The smallest absolute Gasteiger partial charge is 0.344 e. The molecule has 75 heavy (non-hydrogen) atoms. The molecule has 6 amide bonds. The van der Waals surface area contributed by atoms with E-state index in [1.807, 2.05) is 59.5 Å². The lowest BCUT2D eigenvalue weighted by Gasteiger charge is -2.40. The number of piperazine rings is 1. The summed E-state index contributed by atoms with van der Waals surface area (Å²) >= 11 is 6.27. The van der Waals surface area contributed by atoms with Gasteiger partial charge in [-0.2, -0.15) is 0 Å². The number of hydrogen-bond donors (Lipinski definition) is 2. The van der Waals surface area contributed by atoms with Gasteiger partial charge < -0.3 is 34.2 Å². The molecule has 6 aliphatic heterocycles. The number of fused-ring (bicyclic) bond motifs is 1. The standard InChI is InChI=1S/C54H63ClN10O10/c1-34-49(65(72)73)48(58-75-34)54(71)63-29-27-62(28-30-63)50(37-5-9-39(55)10-6-37)38-7-11-41(12-8-38)74-33-46(67)61-25-17-36(18-26-61)32-59-21-15-35(16-22-59)31-60-23-19-40(20-24-60)56-43-4-2-3-42-47(43)53(70)64(52(42)69)44-13-14-45(66)57-51(44)68/h2-12,35-36,40,44,50,56H,13-33H2,1H3,(H,57,66,68). The van der Waals surface area contributed by atoms with Crippen LogP contribution in [0.4, 0.5) is 11.4 Å². The zero-order valence-electron chi connectivity index (χ0n) is 42.1. The van der Waals surface area contributed by atoms with Gasteiger partial charge in [0.05, 0.1) is 22.1 Å². The van der Waals surface area contributed by atoms with Gasteiger partial charge in [0.1, 0.15) is 11.8 Å². The minimum absolute atomic E-state index is 0.0119. The quantitative estimate of drug-likeness (QED) is 0.0864. The van der Waals surface area contributed by atoms with Crippen LogP contribution in [0, 0.1) is 28.9 Å². The minimum Gasteiger partial charge on any atom is -0.484 e. The number of imide groups is 2. The van der Waals surface area contributed by atoms with E-state index in [9.17, 15) is 38.9 Å². The first-order valence-corrected chi connectivity index (χ1v) is 26.6. The van der Waals surface area contributed by atoms with Crippen molar-refractivity contribution < 1.29 is 43.0 Å². The van der Waals surface area contributed by atoms with Gasteiger partial charge in [0, 0.05) is 95.5 Å². The number of carbonyl (C=O) groups excluding carboxylic acids is 6. The lowest BCUT2D eigenvalue weighted by molar-refractivity contribution is -0.386. The number of rotatable bonds is 15. The Kier molecular flexibility index (Phi) is 15.6. The van der Waals surface area contributed by atoms with Gasteiger partial charge in [-0.25, -0.2) is 0 Å². The summed E-state index contributed by atoms with van der Waals surface area (Å²) in [5, 5.41) is 21.7. The number of hydrogen-bond acceptors (Lipinski definition) is 15. The molecule has 6 aliphatic rings. The highest BCUT2D eigenvalue weighted by Gasteiger charge is 2.46. The Bertz CT molecular complexity index is 2790. The van der Waals surface area contributed by atoms with Crippen LogP contribution in [0.2, 0.25) is 5.02 Å². The Labute approximate surface area is 439 Å². The molecule has 7 heterocycles. The number of benzene rings is 3. The minimum atomic E-state index is -0.994. The van der Waals surface area contributed by atoms with Gasteiger partial charge in [-0.3, -0.25) is 54.0 Å². The van der Waals surface area contributed by atoms with Crippen LogP contribution >= 0.6 is 11.6 Å². The van der Waals surface area contributed by atoms with Crippen molar-refractivity contribution in [2.45, 2.75) is 76.4 Å². The van der Waals surface area contributed by atoms with Crippen molar-refractivity contribution in [2.75, 3.05) is 90.5 Å². The Morgan fingerprint density at radius 2 is 1.40 bits per heavy atom. The molecule has 0 radical (unpaired) electrons. The van der Waals surface area contributed by atoms with Crippen molar-refractivity contribution in [2.24, 2.45) is 11.8 Å². The number of halogens is 1. The van der Waals surface area contributed by atoms with E-state index in [4.69, 9.17) is 20.9 Å². The van der Waals surface area contributed by atoms with Gasteiger partial charge >= 0.3 is 5.69 Å². The molecule has 0 saturated carbocycles. The highest BCUT2D eigenvalue weighted by Crippen LogP contribution is 2.36. The molecule has 2 atom stereocenters. The molecule has 4 aromatic rings. The number of nitrogens with zero attached hydrogens (tertiary/aromatic N) is 8. The van der Waals surface area contributed by atoms with E-state index in [2.05, 4.69) is 30.5 Å². The van der Waals surface area contributed by atoms with Crippen LogP contribution in [0.1, 0.15) is 106 Å². The maximum absolute atomic E-state index is 13.6. The Morgan fingerprint density at radius 3 is 2.03 bits per heavy atom. The van der Waals surface area contributed by atoms with E-state index in [-0.39, 0.29) is 54.5 Å². The number of anilines is 1. The fourth-order valence-electron chi connectivity index (χ4n) is 11.9. The number of carbonyl (C=O) groups is 6. The molecule has 3 aromatic carbocycles. The second-order valence-electron chi connectivity index (χ2n) is 20.8. The monoisotopic (exact) mass is 1050 g/mol. The maximum atomic E-state index is 13.6. The summed E-state index contributed by atoms with van der Waals surface area (Å²) in [6.45, 7) is 10.6. The van der Waals surface area contributed by atoms with E-state index in [1.165, 1.54) is 6.92 Å². The van der Waals surface area contributed by atoms with Gasteiger partial charge in [-0.1, -0.05) is 47.1 Å². The summed E-state index contributed by atoms with van der Waals surface area (Å²) in [7, 11) is 0. The fourth-order valence-corrected chi connectivity index (χ4v) is 12.0. The van der Waals surface area contributed by atoms with E-state index in [0.29, 0.717) is 73.1 Å². The molecular formula is C54H63ClN10O10. The maximum Gasteiger partial charge on any atom is 0.344 e. The van der Waals surface area contributed by atoms with Crippen molar-refractivity contribution in [1.82, 2.24) is 39.9 Å². The van der Waals surface area contributed by atoms with Crippen LogP contribution in [-0.2, 0) is 14.4 Å². The highest BCUT2D eigenvalue weighted by molar-refractivity contribution is 6.30. The van der Waals surface area contributed by atoms with Gasteiger partial charge in [0.15, 0.2) is 6.61 Å². The average Bonchev–Trinajstić information content (AvgIpc) is 3.93. The van der Waals surface area contributed by atoms with Gasteiger partial charge in [-0.15, -0.1) is 0 Å². The van der Waals surface area contributed by atoms with E-state index in [1.54, 1.807) is 17.0 Å². The average molecular weight is 1050 g/mol. The summed E-state index contributed by atoms with van der Waals surface area (Å²) in [4.78, 5) is 101. The third-order valence-corrected chi connectivity index (χ3v) is 16.3. The van der Waals surface area contributed by atoms with Crippen molar-refractivity contribution in [3.8, 4) is 5.75 Å². The van der Waals surface area contributed by atoms with Crippen LogP contribution in [0.25, 0.3) is 0 Å². The van der Waals surface area contributed by atoms with Crippen LogP contribution in [0.15, 0.2) is 71.3 Å². The number of amides is 6. The normalized spacial score (nSPS) is 21.3. The molecule has 20 nitrogen and oxygen atoms in total. The fraction of sp³-hybridized carbons (Fsp3) is 0.500. The topological polar surface area (TPSA) is 224 Å². The number of nitro groups is 1. The van der Waals surface area contributed by atoms with Crippen LogP contribution in [-0.4, -0.2) is 172 Å². The summed E-state index contributed by atoms with van der Waals surface area (Å²) in [6.07, 6.45) is 6.27. The van der Waals surface area contributed by atoms with Crippen LogP contribution in [0.3, 0.4) is 0 Å². The molecule has 1 aromatic heterocycles. The van der Waals surface area contributed by atoms with Gasteiger partial charge in [-0.05, 0) is 117 Å². The number of aromatic nitrogens is 1. The summed E-state index contributed by atoms with van der Waals surface area (Å²) in [5.41, 5.74) is 2.51. The van der Waals surface area contributed by atoms with Crippen molar-refractivity contribution >= 4 is 58.4 Å². The van der Waals surface area contributed by atoms with Crippen molar-refractivity contribution in [3.05, 3.63) is 116 Å². The summed E-state index contributed by atoms with van der Waals surface area (Å²) < 4.78 is 11.0. The molecule has 5 fully saturated rings. The van der Waals surface area contributed by atoms with Gasteiger partial charge in [0.25, 0.3) is 23.6 Å². The Balaban J connectivity index is 0.631. The molecule has 0 bridgehead atoms. The lowest BCUT2D eigenvalue weighted by atomic mass is 9.92. The first-order valence-electron chi connectivity index (χ1n) is 26.2. The molecular weight excluding hydrogens is 984 g/mol. The van der Waals surface area contributed by atoms with Crippen molar-refractivity contribution in [1.29, 1.82) is 0 Å². The van der Waals surface area contributed by atoms with Crippen LogP contribution < -0.4 is 15.4 Å². The molecule has 21 heteroatoms. The summed E-state index contributed by atoms with van der Waals surface area (Å²) in [6, 6.07) is 19.6. The molecule has 0 spiro atoms. The first-order chi connectivity index (χ1) is 36.3. The SMILES string of the molecule is Cc1onc(C(=O)N2CCN(C(c3ccc(Cl)cc3)c3ccc(OCC(=O)N4CCC(CN5CCC(CN6CCC(Nc7cccc8c7C(=O)N(C7CCC(=O)NC7=O)C8=O)CC6)CC5)CC4)cc3)CC2)c1[N+](=O)[O-]. The molecule has 2 unspecified atom stereocenters. The van der Waals surface area contributed by atoms with E-state index in [0.717, 1.165) is 93.8 Å². The second-order valence-corrected chi connectivity index (χ2v) is 21.2. The van der Waals surface area contributed by atoms with Crippen LogP contribution in [0.5, 0.6) is 5.75 Å². The number of piperidine rings is 4.